The number of hydrogen-bond donors (Lipinski definition) is 0. The molecule has 2 fully saturated rings. The van der Waals surface area contributed by atoms with Crippen LogP contribution in [0.1, 0.15) is 42.9 Å². The number of likely N-dealkylation sites (tertiary alicyclic amines) is 2. The van der Waals surface area contributed by atoms with E-state index in [1.165, 1.54) is 39.1 Å². The van der Waals surface area contributed by atoms with Crippen LogP contribution in [0.25, 0.3) is 0 Å². The van der Waals surface area contributed by atoms with Gasteiger partial charge in [-0.2, -0.15) is 0 Å². The Hall–Kier alpha value is -1.70. The molecule has 162 valence electrons. The first-order valence-corrected chi connectivity index (χ1v) is 11.9. The maximum Gasteiger partial charge on any atom is 0.187 e. The molecular weight excluding hydrogens is 399 g/mol. The molecule has 2 aliphatic rings. The number of nitrogens with zero attached hydrogens (tertiary/aromatic N) is 4. The van der Waals surface area contributed by atoms with Crippen molar-refractivity contribution in [3.05, 3.63) is 47.5 Å². The smallest absolute Gasteiger partial charge is 0.187 e. The van der Waals surface area contributed by atoms with Crippen LogP contribution in [-0.4, -0.2) is 65.4 Å². The standard InChI is InChI=1S/C23H31FN4OS/c1-29-22-15-18(6-7-20(22)24)16-28-12-4-5-19(17-28)21-8-9-25-23(26-21)30-14-13-27-10-2-3-11-27/h6-9,15,19H,2-5,10-14,16-17H2,1H3. The van der Waals surface area contributed by atoms with Crippen LogP contribution in [0.2, 0.25) is 0 Å². The quantitative estimate of drug-likeness (QED) is 0.462. The molecule has 0 bridgehead atoms. The van der Waals surface area contributed by atoms with Crippen molar-refractivity contribution in [2.24, 2.45) is 0 Å². The molecule has 1 aromatic heterocycles. The summed E-state index contributed by atoms with van der Waals surface area (Å²) in [6.45, 7) is 6.41. The molecule has 1 unspecified atom stereocenters. The highest BCUT2D eigenvalue weighted by atomic mass is 32.2. The second-order valence-electron chi connectivity index (χ2n) is 8.20. The molecule has 4 rings (SSSR count). The van der Waals surface area contributed by atoms with Gasteiger partial charge in [-0.15, -0.1) is 0 Å². The fraction of sp³-hybridized carbons (Fsp3) is 0.565. The molecule has 30 heavy (non-hydrogen) atoms. The minimum atomic E-state index is -0.312. The maximum atomic E-state index is 13.7. The van der Waals surface area contributed by atoms with Gasteiger partial charge in [0.2, 0.25) is 0 Å². The minimum absolute atomic E-state index is 0.312. The van der Waals surface area contributed by atoms with E-state index in [4.69, 9.17) is 9.72 Å². The van der Waals surface area contributed by atoms with E-state index in [0.717, 1.165) is 61.2 Å². The first-order valence-electron chi connectivity index (χ1n) is 10.9. The lowest BCUT2D eigenvalue weighted by atomic mass is 9.94. The number of piperidine rings is 1. The van der Waals surface area contributed by atoms with Crippen molar-refractivity contribution in [3.63, 3.8) is 0 Å². The van der Waals surface area contributed by atoms with Gasteiger partial charge in [-0.3, -0.25) is 4.90 Å². The van der Waals surface area contributed by atoms with Crippen LogP contribution in [0.15, 0.2) is 35.6 Å². The highest BCUT2D eigenvalue weighted by molar-refractivity contribution is 7.99. The fourth-order valence-corrected chi connectivity index (χ4v) is 5.26. The Bertz CT molecular complexity index is 831. The number of methoxy groups -OCH3 is 1. The van der Waals surface area contributed by atoms with Gasteiger partial charge in [0.15, 0.2) is 16.7 Å². The zero-order chi connectivity index (χ0) is 20.8. The van der Waals surface area contributed by atoms with Crippen LogP contribution < -0.4 is 4.74 Å². The van der Waals surface area contributed by atoms with Gasteiger partial charge in [-0.25, -0.2) is 14.4 Å². The molecule has 0 N–H and O–H groups in total. The molecule has 0 radical (unpaired) electrons. The second-order valence-corrected chi connectivity index (χ2v) is 9.27. The van der Waals surface area contributed by atoms with Gasteiger partial charge in [0, 0.05) is 43.2 Å². The number of thioether (sulfide) groups is 1. The van der Waals surface area contributed by atoms with Crippen molar-refractivity contribution >= 4 is 11.8 Å². The number of benzene rings is 1. The molecule has 2 saturated heterocycles. The molecule has 0 amide bonds. The van der Waals surface area contributed by atoms with Crippen LogP contribution in [0, 0.1) is 5.82 Å². The van der Waals surface area contributed by atoms with E-state index in [0.29, 0.717) is 11.7 Å². The number of aromatic nitrogens is 2. The topological polar surface area (TPSA) is 41.5 Å². The van der Waals surface area contributed by atoms with E-state index < -0.39 is 0 Å². The highest BCUT2D eigenvalue weighted by Crippen LogP contribution is 2.28. The molecule has 0 aliphatic carbocycles. The predicted octanol–water partition coefficient (Wildman–Crippen LogP) is 4.19. The van der Waals surface area contributed by atoms with Gasteiger partial charge in [-0.05, 0) is 69.1 Å². The van der Waals surface area contributed by atoms with E-state index >= 15 is 0 Å². The van der Waals surface area contributed by atoms with Crippen molar-refractivity contribution in [3.8, 4) is 5.75 Å². The van der Waals surface area contributed by atoms with Gasteiger partial charge in [0.25, 0.3) is 0 Å². The minimum Gasteiger partial charge on any atom is -0.494 e. The normalized spacial score (nSPS) is 20.5. The van der Waals surface area contributed by atoms with E-state index in [1.807, 2.05) is 12.3 Å². The van der Waals surface area contributed by atoms with Crippen LogP contribution in [0.5, 0.6) is 5.75 Å². The summed E-state index contributed by atoms with van der Waals surface area (Å²) in [6, 6.07) is 7.21. The van der Waals surface area contributed by atoms with Gasteiger partial charge in [0.1, 0.15) is 0 Å². The summed E-state index contributed by atoms with van der Waals surface area (Å²) in [4.78, 5) is 14.3. The van der Waals surface area contributed by atoms with Crippen molar-refractivity contribution in [2.75, 3.05) is 45.6 Å². The third kappa shape index (κ3) is 5.71. The molecule has 2 aliphatic heterocycles. The Morgan fingerprint density at radius 1 is 1.13 bits per heavy atom. The Balaban J connectivity index is 1.33. The summed E-state index contributed by atoms with van der Waals surface area (Å²) in [7, 11) is 1.51. The molecular formula is C23H31FN4OS. The van der Waals surface area contributed by atoms with Crippen molar-refractivity contribution in [1.29, 1.82) is 0 Å². The van der Waals surface area contributed by atoms with Crippen molar-refractivity contribution < 1.29 is 9.13 Å². The summed E-state index contributed by atoms with van der Waals surface area (Å²) in [6.07, 6.45) is 6.87. The molecule has 5 nitrogen and oxygen atoms in total. The maximum absolute atomic E-state index is 13.7. The molecule has 1 atom stereocenters. The average Bonchev–Trinajstić information content (AvgIpc) is 3.29. The van der Waals surface area contributed by atoms with Crippen LogP contribution in [0.3, 0.4) is 0 Å². The van der Waals surface area contributed by atoms with E-state index in [2.05, 4.69) is 20.9 Å². The summed E-state index contributed by atoms with van der Waals surface area (Å²) in [5, 5.41) is 0.895. The van der Waals surface area contributed by atoms with Gasteiger partial charge in [0.05, 0.1) is 7.11 Å². The van der Waals surface area contributed by atoms with E-state index in [9.17, 15) is 4.39 Å². The molecule has 7 heteroatoms. The lowest BCUT2D eigenvalue weighted by molar-refractivity contribution is 0.198. The molecule has 0 spiro atoms. The molecule has 1 aromatic carbocycles. The van der Waals surface area contributed by atoms with E-state index in [-0.39, 0.29) is 5.82 Å². The zero-order valence-electron chi connectivity index (χ0n) is 17.7. The largest absolute Gasteiger partial charge is 0.494 e. The Morgan fingerprint density at radius 2 is 1.97 bits per heavy atom. The average molecular weight is 431 g/mol. The number of ether oxygens (including phenoxy) is 1. The number of hydrogen-bond acceptors (Lipinski definition) is 6. The van der Waals surface area contributed by atoms with Crippen LogP contribution >= 0.6 is 11.8 Å². The fourth-order valence-electron chi connectivity index (χ4n) is 4.42. The third-order valence-electron chi connectivity index (χ3n) is 6.04. The summed E-state index contributed by atoms with van der Waals surface area (Å²) in [5.41, 5.74) is 2.23. The van der Waals surface area contributed by atoms with E-state index in [1.54, 1.807) is 17.8 Å². The Labute approximate surface area is 183 Å². The number of rotatable bonds is 8. The van der Waals surface area contributed by atoms with Gasteiger partial charge < -0.3 is 9.64 Å². The highest BCUT2D eigenvalue weighted by Gasteiger charge is 2.23. The SMILES string of the molecule is COc1cc(CN2CCCC(c3ccnc(SCCN4CCCC4)n3)C2)ccc1F. The second kappa shape index (κ2) is 10.6. The lowest BCUT2D eigenvalue weighted by Crippen LogP contribution is -2.34. The molecule has 3 heterocycles. The number of halogens is 1. The van der Waals surface area contributed by atoms with Crippen LogP contribution in [0.4, 0.5) is 4.39 Å². The monoisotopic (exact) mass is 430 g/mol. The van der Waals surface area contributed by atoms with Crippen LogP contribution in [-0.2, 0) is 6.54 Å². The predicted molar refractivity (Wildman–Crippen MR) is 119 cm³/mol. The van der Waals surface area contributed by atoms with Gasteiger partial charge >= 0.3 is 0 Å². The summed E-state index contributed by atoms with van der Waals surface area (Å²) >= 11 is 1.77. The third-order valence-corrected chi connectivity index (χ3v) is 6.88. The summed E-state index contributed by atoms with van der Waals surface area (Å²) in [5.74, 6) is 1.47. The molecule has 2 aromatic rings. The summed E-state index contributed by atoms with van der Waals surface area (Å²) < 4.78 is 18.8. The Morgan fingerprint density at radius 3 is 2.80 bits per heavy atom. The molecule has 0 saturated carbocycles. The first kappa shape index (κ1) is 21.5. The first-order chi connectivity index (χ1) is 14.7. The van der Waals surface area contributed by atoms with Crippen molar-refractivity contribution in [2.45, 2.75) is 43.3 Å². The zero-order valence-corrected chi connectivity index (χ0v) is 18.5. The lowest BCUT2D eigenvalue weighted by Gasteiger charge is -2.32. The van der Waals surface area contributed by atoms with Gasteiger partial charge in [-0.1, -0.05) is 17.8 Å². The van der Waals surface area contributed by atoms with Crippen molar-refractivity contribution in [1.82, 2.24) is 19.8 Å². The Kier molecular flexibility index (Phi) is 7.57.